The Kier molecular flexibility index (Phi) is 5.05. The largest absolute Gasteiger partial charge is 0.392 e. The van der Waals surface area contributed by atoms with Crippen LogP contribution in [0.4, 0.5) is 4.79 Å². The molecule has 2 amide bonds. The predicted octanol–water partition coefficient (Wildman–Crippen LogP) is 2.14. The lowest BCUT2D eigenvalue weighted by Crippen LogP contribution is -2.39. The number of urea groups is 1. The van der Waals surface area contributed by atoms with E-state index in [4.69, 9.17) is 16.7 Å². The molecule has 6 heteroatoms. The fraction of sp³-hybridized carbons (Fsp3) is 0.500. The first-order valence-electron chi connectivity index (χ1n) is 4.96. The first-order chi connectivity index (χ1) is 7.49. The van der Waals surface area contributed by atoms with Gasteiger partial charge in [-0.25, -0.2) is 4.79 Å². The second-order valence-electron chi connectivity index (χ2n) is 3.57. The van der Waals surface area contributed by atoms with Crippen LogP contribution in [-0.4, -0.2) is 23.8 Å². The number of amides is 2. The van der Waals surface area contributed by atoms with Crippen LogP contribution in [0, 0.1) is 0 Å². The lowest BCUT2D eigenvalue weighted by atomic mass is 10.3. The number of hydrogen-bond donors (Lipinski definition) is 3. The summed E-state index contributed by atoms with van der Waals surface area (Å²) in [7, 11) is 0. The average Bonchev–Trinajstić information content (AvgIpc) is 2.62. The van der Waals surface area contributed by atoms with Crippen LogP contribution in [0.5, 0.6) is 0 Å². The molecule has 0 aliphatic rings. The Labute approximate surface area is 104 Å². The van der Waals surface area contributed by atoms with Gasteiger partial charge in [0.05, 0.1) is 16.5 Å². The van der Waals surface area contributed by atoms with E-state index in [0.29, 0.717) is 4.34 Å². The molecule has 0 spiro atoms. The van der Waals surface area contributed by atoms with Crippen LogP contribution in [0.25, 0.3) is 0 Å². The maximum absolute atomic E-state index is 11.4. The van der Waals surface area contributed by atoms with E-state index in [9.17, 15) is 4.79 Å². The Morgan fingerprint density at radius 3 is 2.75 bits per heavy atom. The lowest BCUT2D eigenvalue weighted by Gasteiger charge is -2.13. The highest BCUT2D eigenvalue weighted by atomic mass is 35.5. The van der Waals surface area contributed by atoms with Crippen LogP contribution in [-0.2, 0) is 0 Å². The molecule has 0 unspecified atom stereocenters. The summed E-state index contributed by atoms with van der Waals surface area (Å²) in [6, 6.07) is 3.30. The van der Waals surface area contributed by atoms with Crippen LogP contribution in [0.2, 0.25) is 4.34 Å². The van der Waals surface area contributed by atoms with Crippen molar-refractivity contribution in [2.45, 2.75) is 26.0 Å². The van der Waals surface area contributed by atoms with Gasteiger partial charge < -0.3 is 15.7 Å². The van der Waals surface area contributed by atoms with Gasteiger partial charge in [0.1, 0.15) is 0 Å². The van der Waals surface area contributed by atoms with Crippen molar-refractivity contribution in [1.82, 2.24) is 10.6 Å². The van der Waals surface area contributed by atoms with E-state index < -0.39 is 6.10 Å². The number of thiophene rings is 1. The zero-order valence-electron chi connectivity index (χ0n) is 9.16. The topological polar surface area (TPSA) is 61.4 Å². The van der Waals surface area contributed by atoms with Crippen molar-refractivity contribution in [2.75, 3.05) is 6.54 Å². The monoisotopic (exact) mass is 262 g/mol. The molecule has 16 heavy (non-hydrogen) atoms. The standard InChI is InChI=1S/C10H15ClN2O2S/c1-6(14)5-12-10(15)13-7(2)8-3-4-9(11)16-8/h3-4,6-7,14H,5H2,1-2H3,(H2,12,13,15)/t6-,7+/m0/s1. The Morgan fingerprint density at radius 2 is 2.25 bits per heavy atom. The first-order valence-corrected chi connectivity index (χ1v) is 6.16. The van der Waals surface area contributed by atoms with Crippen molar-refractivity contribution in [3.8, 4) is 0 Å². The predicted molar refractivity (Wildman–Crippen MR) is 66.0 cm³/mol. The van der Waals surface area contributed by atoms with Crippen molar-refractivity contribution < 1.29 is 9.90 Å². The molecule has 90 valence electrons. The minimum atomic E-state index is -0.544. The van der Waals surface area contributed by atoms with Crippen molar-refractivity contribution in [2.24, 2.45) is 0 Å². The van der Waals surface area contributed by atoms with Crippen LogP contribution in [0.3, 0.4) is 0 Å². The summed E-state index contributed by atoms with van der Waals surface area (Å²) >= 11 is 7.24. The Hall–Kier alpha value is -0.780. The van der Waals surface area contributed by atoms with E-state index in [0.717, 1.165) is 4.88 Å². The van der Waals surface area contributed by atoms with Crippen molar-refractivity contribution >= 4 is 29.0 Å². The van der Waals surface area contributed by atoms with E-state index in [1.807, 2.05) is 13.0 Å². The Balaban J connectivity index is 2.39. The highest BCUT2D eigenvalue weighted by Gasteiger charge is 2.11. The molecule has 1 aromatic heterocycles. The molecule has 1 rings (SSSR count). The summed E-state index contributed by atoms with van der Waals surface area (Å²) in [5, 5.41) is 14.3. The first kappa shape index (κ1) is 13.3. The fourth-order valence-corrected chi connectivity index (χ4v) is 2.18. The number of carbonyl (C=O) groups is 1. The van der Waals surface area contributed by atoms with Gasteiger partial charge in [0.2, 0.25) is 0 Å². The second-order valence-corrected chi connectivity index (χ2v) is 5.31. The Morgan fingerprint density at radius 1 is 1.56 bits per heavy atom. The van der Waals surface area contributed by atoms with Gasteiger partial charge in [0.25, 0.3) is 0 Å². The number of nitrogens with one attached hydrogen (secondary N) is 2. The van der Waals surface area contributed by atoms with Gasteiger partial charge >= 0.3 is 6.03 Å². The second kappa shape index (κ2) is 6.08. The third kappa shape index (κ3) is 4.38. The summed E-state index contributed by atoms with van der Waals surface area (Å²) in [5.74, 6) is 0. The summed E-state index contributed by atoms with van der Waals surface area (Å²) in [4.78, 5) is 12.4. The van der Waals surface area contributed by atoms with Crippen LogP contribution >= 0.6 is 22.9 Å². The van der Waals surface area contributed by atoms with Crippen LogP contribution in [0.1, 0.15) is 24.8 Å². The molecule has 0 radical (unpaired) electrons. The quantitative estimate of drug-likeness (QED) is 0.779. The zero-order chi connectivity index (χ0) is 12.1. The molecular weight excluding hydrogens is 248 g/mol. The number of hydrogen-bond acceptors (Lipinski definition) is 3. The molecule has 4 nitrogen and oxygen atoms in total. The van der Waals surface area contributed by atoms with Crippen molar-refractivity contribution in [1.29, 1.82) is 0 Å². The Bertz CT molecular complexity index is 354. The number of aliphatic hydroxyl groups is 1. The molecule has 0 aliphatic carbocycles. The lowest BCUT2D eigenvalue weighted by molar-refractivity contribution is 0.187. The number of halogens is 1. The molecule has 0 saturated heterocycles. The molecule has 3 N–H and O–H groups in total. The number of carbonyl (C=O) groups excluding carboxylic acids is 1. The maximum atomic E-state index is 11.4. The van der Waals surface area contributed by atoms with Gasteiger partial charge in [-0.3, -0.25) is 0 Å². The molecule has 0 aromatic carbocycles. The molecule has 1 heterocycles. The summed E-state index contributed by atoms with van der Waals surface area (Å²) in [6.45, 7) is 3.73. The molecule has 2 atom stereocenters. The molecule has 0 bridgehead atoms. The number of rotatable bonds is 4. The van der Waals surface area contributed by atoms with E-state index in [2.05, 4.69) is 10.6 Å². The minimum absolute atomic E-state index is 0.0912. The van der Waals surface area contributed by atoms with E-state index in [1.165, 1.54) is 11.3 Å². The van der Waals surface area contributed by atoms with E-state index >= 15 is 0 Å². The van der Waals surface area contributed by atoms with Crippen molar-refractivity contribution in [3.05, 3.63) is 21.3 Å². The van der Waals surface area contributed by atoms with Gasteiger partial charge in [-0.05, 0) is 26.0 Å². The molecule has 1 aromatic rings. The summed E-state index contributed by atoms with van der Waals surface area (Å²) in [5.41, 5.74) is 0. The number of aliphatic hydroxyl groups excluding tert-OH is 1. The zero-order valence-corrected chi connectivity index (χ0v) is 10.7. The molecule has 0 saturated carbocycles. The van der Waals surface area contributed by atoms with Crippen molar-refractivity contribution in [3.63, 3.8) is 0 Å². The van der Waals surface area contributed by atoms with Crippen LogP contribution < -0.4 is 10.6 Å². The maximum Gasteiger partial charge on any atom is 0.315 e. The van der Waals surface area contributed by atoms with E-state index in [1.54, 1.807) is 13.0 Å². The smallest absolute Gasteiger partial charge is 0.315 e. The van der Waals surface area contributed by atoms with Gasteiger partial charge in [-0.1, -0.05) is 11.6 Å². The normalized spacial score (nSPS) is 14.2. The highest BCUT2D eigenvalue weighted by molar-refractivity contribution is 7.16. The average molecular weight is 263 g/mol. The third-order valence-corrected chi connectivity index (χ3v) is 3.34. The summed E-state index contributed by atoms with van der Waals surface area (Å²) < 4.78 is 0.702. The van der Waals surface area contributed by atoms with Gasteiger partial charge in [-0.2, -0.15) is 0 Å². The minimum Gasteiger partial charge on any atom is -0.392 e. The highest BCUT2D eigenvalue weighted by Crippen LogP contribution is 2.26. The third-order valence-electron chi connectivity index (χ3n) is 1.93. The molecule has 0 fully saturated rings. The SMILES string of the molecule is C[C@H](O)CNC(=O)N[C@H](C)c1ccc(Cl)s1. The fourth-order valence-electron chi connectivity index (χ4n) is 1.12. The van der Waals surface area contributed by atoms with Gasteiger partial charge in [0.15, 0.2) is 0 Å². The summed E-state index contributed by atoms with van der Waals surface area (Å²) in [6.07, 6.45) is -0.544. The molecular formula is C10H15ClN2O2S. The van der Waals surface area contributed by atoms with Crippen LogP contribution in [0.15, 0.2) is 12.1 Å². The van der Waals surface area contributed by atoms with Gasteiger partial charge in [0, 0.05) is 11.4 Å². The molecule has 0 aliphatic heterocycles. The van der Waals surface area contributed by atoms with Gasteiger partial charge in [-0.15, -0.1) is 11.3 Å². The van der Waals surface area contributed by atoms with E-state index in [-0.39, 0.29) is 18.6 Å².